The number of alkyl halides is 5. The van der Waals surface area contributed by atoms with Crippen LogP contribution >= 0.6 is 0 Å². The maximum atomic E-state index is 12.9. The van der Waals surface area contributed by atoms with Crippen LogP contribution in [0.4, 0.5) is 32.4 Å². The Hall–Kier alpha value is -3.63. The fourth-order valence-corrected chi connectivity index (χ4v) is 3.06. The van der Waals surface area contributed by atoms with Crippen LogP contribution in [0.1, 0.15) is 24.1 Å². The summed E-state index contributed by atoms with van der Waals surface area (Å²) in [6, 6.07) is 7.79. The van der Waals surface area contributed by atoms with Crippen molar-refractivity contribution in [3.8, 4) is 5.75 Å². The molecule has 0 saturated carbocycles. The fraction of sp³-hybridized carbons (Fsp3) is 0.200. The zero-order chi connectivity index (χ0) is 22.8. The lowest BCUT2D eigenvalue weighted by molar-refractivity contribution is -0.137. The van der Waals surface area contributed by atoms with Gasteiger partial charge in [-0.05, 0) is 42.8 Å². The van der Waals surface area contributed by atoms with Gasteiger partial charge in [0.25, 0.3) is 5.91 Å². The molecule has 0 saturated heterocycles. The summed E-state index contributed by atoms with van der Waals surface area (Å²) in [5.41, 5.74) is -0.413. The summed E-state index contributed by atoms with van der Waals surface area (Å²) in [6.07, 6.45) is -4.58. The summed E-state index contributed by atoms with van der Waals surface area (Å²) in [6.45, 7) is -1.55. The summed E-state index contributed by atoms with van der Waals surface area (Å²) >= 11 is 0. The number of ether oxygens (including phenoxy) is 1. The number of halogens is 5. The lowest BCUT2D eigenvalue weighted by atomic mass is 9.94. The molecule has 11 heteroatoms. The fourth-order valence-electron chi connectivity index (χ4n) is 3.06. The highest BCUT2D eigenvalue weighted by Gasteiger charge is 2.33. The predicted molar refractivity (Wildman–Crippen MR) is 100 cm³/mol. The third-order valence-electron chi connectivity index (χ3n) is 4.40. The highest BCUT2D eigenvalue weighted by molar-refractivity contribution is 6.06. The van der Waals surface area contributed by atoms with Gasteiger partial charge in [0.05, 0.1) is 17.2 Å². The average Bonchev–Trinajstić information content (AvgIpc) is 2.67. The predicted octanol–water partition coefficient (Wildman–Crippen LogP) is 4.57. The second-order valence-electron chi connectivity index (χ2n) is 6.55. The molecule has 0 aromatic heterocycles. The van der Waals surface area contributed by atoms with Crippen LogP contribution in [0.3, 0.4) is 0 Å². The summed E-state index contributed by atoms with van der Waals surface area (Å²) < 4.78 is 67.7. The van der Waals surface area contributed by atoms with E-state index in [2.05, 4.69) is 20.7 Å². The lowest BCUT2D eigenvalue weighted by Crippen LogP contribution is -2.45. The molecule has 0 bridgehead atoms. The third-order valence-corrected chi connectivity index (χ3v) is 4.40. The summed E-state index contributed by atoms with van der Waals surface area (Å²) in [4.78, 5) is 24.8. The van der Waals surface area contributed by atoms with Crippen LogP contribution < -0.4 is 20.7 Å². The van der Waals surface area contributed by atoms with E-state index in [0.29, 0.717) is 5.56 Å². The van der Waals surface area contributed by atoms with E-state index in [1.807, 2.05) is 0 Å². The number of anilines is 1. The third kappa shape index (κ3) is 5.30. The van der Waals surface area contributed by atoms with E-state index in [9.17, 15) is 31.5 Å². The van der Waals surface area contributed by atoms with Crippen LogP contribution in [0.15, 0.2) is 59.8 Å². The molecular weight excluding hydrogens is 425 g/mol. The van der Waals surface area contributed by atoms with Gasteiger partial charge in [-0.3, -0.25) is 4.79 Å². The number of carbonyl (C=O) groups excluding carboxylic acids is 2. The Morgan fingerprint density at radius 2 is 1.81 bits per heavy atom. The van der Waals surface area contributed by atoms with E-state index in [1.165, 1.54) is 37.3 Å². The van der Waals surface area contributed by atoms with Gasteiger partial charge < -0.3 is 20.7 Å². The first-order chi connectivity index (χ1) is 14.5. The van der Waals surface area contributed by atoms with Gasteiger partial charge >= 0.3 is 18.8 Å². The minimum atomic E-state index is -4.58. The van der Waals surface area contributed by atoms with Crippen molar-refractivity contribution in [1.82, 2.24) is 10.6 Å². The molecule has 2 aromatic carbocycles. The number of urea groups is 1. The molecule has 2 aromatic rings. The van der Waals surface area contributed by atoms with Gasteiger partial charge in [-0.1, -0.05) is 18.2 Å². The van der Waals surface area contributed by atoms with E-state index in [0.717, 1.165) is 18.2 Å². The molecule has 31 heavy (non-hydrogen) atoms. The number of carbonyl (C=O) groups is 2. The number of allylic oxidation sites excluding steroid dienone is 1. The van der Waals surface area contributed by atoms with Crippen LogP contribution in [0.25, 0.3) is 0 Å². The molecule has 164 valence electrons. The number of rotatable bonds is 5. The molecule has 0 fully saturated rings. The van der Waals surface area contributed by atoms with Crippen LogP contribution in [-0.4, -0.2) is 18.5 Å². The molecule has 0 spiro atoms. The maximum absolute atomic E-state index is 12.9. The zero-order valence-electron chi connectivity index (χ0n) is 15.9. The second-order valence-corrected chi connectivity index (χ2v) is 6.55. The van der Waals surface area contributed by atoms with Crippen LogP contribution in [0, 0.1) is 0 Å². The number of amides is 3. The Balaban J connectivity index is 1.89. The van der Waals surface area contributed by atoms with E-state index < -0.39 is 36.3 Å². The SMILES string of the molecule is CC1=C(C(=O)Nc2cccc(C(F)(F)F)c2)[C@@H](c2ccc(OC(F)F)cc2)NC(=O)N1. The minimum absolute atomic E-state index is 0.0412. The average molecular weight is 441 g/mol. The van der Waals surface area contributed by atoms with E-state index in [4.69, 9.17) is 0 Å². The van der Waals surface area contributed by atoms with Crippen molar-refractivity contribution in [2.75, 3.05) is 5.32 Å². The van der Waals surface area contributed by atoms with Gasteiger partial charge in [0, 0.05) is 11.4 Å². The van der Waals surface area contributed by atoms with Crippen molar-refractivity contribution >= 4 is 17.6 Å². The monoisotopic (exact) mass is 441 g/mol. The number of nitrogens with one attached hydrogen (secondary N) is 3. The Bertz CT molecular complexity index is 1020. The van der Waals surface area contributed by atoms with Gasteiger partial charge in [0.2, 0.25) is 0 Å². The van der Waals surface area contributed by atoms with Crippen molar-refractivity contribution in [3.63, 3.8) is 0 Å². The van der Waals surface area contributed by atoms with Gasteiger partial charge in [-0.15, -0.1) is 0 Å². The Morgan fingerprint density at radius 1 is 1.13 bits per heavy atom. The molecule has 0 aliphatic carbocycles. The van der Waals surface area contributed by atoms with Crippen LogP contribution in [-0.2, 0) is 11.0 Å². The largest absolute Gasteiger partial charge is 0.435 e. The Labute approximate surface area is 173 Å². The first-order valence-corrected chi connectivity index (χ1v) is 8.86. The second kappa shape index (κ2) is 8.62. The summed E-state index contributed by atoms with van der Waals surface area (Å²) in [5.74, 6) is -0.864. The maximum Gasteiger partial charge on any atom is 0.416 e. The van der Waals surface area contributed by atoms with Crippen molar-refractivity contribution in [3.05, 3.63) is 70.9 Å². The van der Waals surface area contributed by atoms with Crippen molar-refractivity contribution in [2.45, 2.75) is 25.8 Å². The van der Waals surface area contributed by atoms with E-state index in [-0.39, 0.29) is 22.7 Å². The van der Waals surface area contributed by atoms with E-state index >= 15 is 0 Å². The number of benzene rings is 2. The molecule has 3 N–H and O–H groups in total. The molecule has 0 unspecified atom stereocenters. The molecule has 3 amide bonds. The lowest BCUT2D eigenvalue weighted by Gasteiger charge is -2.28. The molecular formula is C20H16F5N3O3. The quantitative estimate of drug-likeness (QED) is 0.595. The van der Waals surface area contributed by atoms with E-state index in [1.54, 1.807) is 0 Å². The molecule has 1 atom stereocenters. The molecule has 0 radical (unpaired) electrons. The van der Waals surface area contributed by atoms with Gasteiger partial charge in [-0.2, -0.15) is 22.0 Å². The van der Waals surface area contributed by atoms with Crippen molar-refractivity contribution in [2.24, 2.45) is 0 Å². The minimum Gasteiger partial charge on any atom is -0.435 e. The van der Waals surface area contributed by atoms with Crippen LogP contribution in [0.5, 0.6) is 5.75 Å². The first-order valence-electron chi connectivity index (χ1n) is 8.86. The number of hydrogen-bond acceptors (Lipinski definition) is 3. The highest BCUT2D eigenvalue weighted by Crippen LogP contribution is 2.32. The molecule has 1 heterocycles. The number of hydrogen-bond donors (Lipinski definition) is 3. The Morgan fingerprint density at radius 3 is 2.42 bits per heavy atom. The Kier molecular flexibility index (Phi) is 6.14. The smallest absolute Gasteiger partial charge is 0.416 e. The molecule has 3 rings (SSSR count). The zero-order valence-corrected chi connectivity index (χ0v) is 15.9. The molecule has 6 nitrogen and oxygen atoms in total. The normalized spacial score (nSPS) is 16.6. The van der Waals surface area contributed by atoms with Crippen molar-refractivity contribution in [1.29, 1.82) is 0 Å². The standard InChI is InChI=1S/C20H16F5N3O3/c1-10-15(17(29)27-13-4-2-3-12(9-13)20(23,24)25)16(28-19(30)26-10)11-5-7-14(8-6-11)31-18(21)22/h2-9,16,18H,1H3,(H,27,29)(H2,26,28,30)/t16-/m1/s1. The highest BCUT2D eigenvalue weighted by atomic mass is 19.4. The van der Waals surface area contributed by atoms with Crippen LogP contribution in [0.2, 0.25) is 0 Å². The first kappa shape index (κ1) is 22.1. The van der Waals surface area contributed by atoms with Gasteiger partial charge in [0.1, 0.15) is 5.75 Å². The topological polar surface area (TPSA) is 79.5 Å². The van der Waals surface area contributed by atoms with Crippen molar-refractivity contribution < 1.29 is 36.3 Å². The summed E-state index contributed by atoms with van der Waals surface area (Å²) in [5, 5.41) is 7.37. The molecule has 1 aliphatic rings. The van der Waals surface area contributed by atoms with Gasteiger partial charge in [-0.25, -0.2) is 4.79 Å². The summed E-state index contributed by atoms with van der Waals surface area (Å²) in [7, 11) is 0. The molecule has 1 aliphatic heterocycles. The van der Waals surface area contributed by atoms with Gasteiger partial charge in [0.15, 0.2) is 0 Å².